The van der Waals surface area contributed by atoms with E-state index in [-0.39, 0.29) is 11.9 Å². The van der Waals surface area contributed by atoms with Gasteiger partial charge in [0.25, 0.3) is 0 Å². The van der Waals surface area contributed by atoms with E-state index in [1.165, 1.54) is 18.2 Å². The average Bonchev–Trinajstić information content (AvgIpc) is 2.36. The van der Waals surface area contributed by atoms with Gasteiger partial charge in [-0.05, 0) is 42.5 Å². The number of esters is 1. The predicted octanol–water partition coefficient (Wildman–Crippen LogP) is 1.97. The van der Waals surface area contributed by atoms with E-state index in [2.05, 4.69) is 6.07 Å². The number of carbonyl (C=O) groups excluding carboxylic acids is 1. The van der Waals surface area contributed by atoms with Gasteiger partial charge in [-0.2, -0.15) is 0 Å². The number of rotatable bonds is 2. The molecule has 1 aromatic rings. The van der Waals surface area contributed by atoms with Crippen LogP contribution in [0.4, 0.5) is 0 Å². The minimum atomic E-state index is -0.103. The summed E-state index contributed by atoms with van der Waals surface area (Å²) in [5.74, 6) is 0.752. The maximum Gasteiger partial charge on any atom is 0.309 e. The Balaban J connectivity index is 2.21. The molecule has 2 rings (SSSR count). The summed E-state index contributed by atoms with van der Waals surface area (Å²) < 4.78 is 9.98. The molecule has 3 nitrogen and oxygen atoms in total. The second kappa shape index (κ2) is 4.56. The lowest BCUT2D eigenvalue weighted by atomic mass is 9.84. The molecule has 0 saturated carbocycles. The normalized spacial score (nSPS) is 18.8. The molecule has 0 aromatic heterocycles. The van der Waals surface area contributed by atoms with E-state index in [9.17, 15) is 4.79 Å². The van der Waals surface area contributed by atoms with Crippen LogP contribution >= 0.6 is 0 Å². The Morgan fingerprint density at radius 2 is 2.12 bits per heavy atom. The summed E-state index contributed by atoms with van der Waals surface area (Å²) in [4.78, 5) is 11.5. The SMILES string of the molecule is COC(=O)C1CCc2ccc(OC)cc2C1. The molecule has 0 heterocycles. The lowest BCUT2D eigenvalue weighted by Gasteiger charge is -2.23. The topological polar surface area (TPSA) is 35.5 Å². The van der Waals surface area contributed by atoms with Crippen molar-refractivity contribution in [2.24, 2.45) is 5.92 Å². The van der Waals surface area contributed by atoms with Crippen molar-refractivity contribution in [1.29, 1.82) is 0 Å². The number of hydrogen-bond donors (Lipinski definition) is 0. The zero-order valence-corrected chi connectivity index (χ0v) is 9.66. The van der Waals surface area contributed by atoms with Gasteiger partial charge in [-0.1, -0.05) is 6.07 Å². The third kappa shape index (κ3) is 2.03. The van der Waals surface area contributed by atoms with E-state index in [0.717, 1.165) is 25.0 Å². The van der Waals surface area contributed by atoms with Gasteiger partial charge in [-0.25, -0.2) is 0 Å². The van der Waals surface area contributed by atoms with E-state index in [0.29, 0.717) is 0 Å². The van der Waals surface area contributed by atoms with Crippen LogP contribution in [0.25, 0.3) is 0 Å². The maximum atomic E-state index is 11.5. The zero-order valence-electron chi connectivity index (χ0n) is 9.66. The number of benzene rings is 1. The van der Waals surface area contributed by atoms with Crippen LogP contribution < -0.4 is 4.74 Å². The zero-order chi connectivity index (χ0) is 11.5. The molecule has 0 aliphatic heterocycles. The fourth-order valence-corrected chi connectivity index (χ4v) is 2.23. The van der Waals surface area contributed by atoms with E-state index < -0.39 is 0 Å². The van der Waals surface area contributed by atoms with E-state index in [1.807, 2.05) is 12.1 Å². The minimum Gasteiger partial charge on any atom is -0.497 e. The van der Waals surface area contributed by atoms with Gasteiger partial charge in [-0.15, -0.1) is 0 Å². The molecule has 0 spiro atoms. The number of methoxy groups -OCH3 is 2. The Bertz CT molecular complexity index is 398. The average molecular weight is 220 g/mol. The Kier molecular flexibility index (Phi) is 3.13. The molecule has 0 amide bonds. The van der Waals surface area contributed by atoms with Crippen molar-refractivity contribution < 1.29 is 14.3 Å². The number of ether oxygens (including phenoxy) is 2. The van der Waals surface area contributed by atoms with Gasteiger partial charge in [-0.3, -0.25) is 4.79 Å². The Morgan fingerprint density at radius 3 is 2.81 bits per heavy atom. The second-order valence-electron chi connectivity index (χ2n) is 4.10. The van der Waals surface area contributed by atoms with Gasteiger partial charge in [0.1, 0.15) is 5.75 Å². The standard InChI is InChI=1S/C13H16O3/c1-15-12-6-5-9-3-4-10(13(14)16-2)7-11(9)8-12/h5-6,8,10H,3-4,7H2,1-2H3. The van der Waals surface area contributed by atoms with E-state index in [4.69, 9.17) is 9.47 Å². The van der Waals surface area contributed by atoms with Crippen molar-refractivity contribution in [2.75, 3.05) is 14.2 Å². The quantitative estimate of drug-likeness (QED) is 0.715. The van der Waals surface area contributed by atoms with Crippen LogP contribution in [0, 0.1) is 5.92 Å². The summed E-state index contributed by atoms with van der Waals surface area (Å²) >= 11 is 0. The monoisotopic (exact) mass is 220 g/mol. The maximum absolute atomic E-state index is 11.5. The minimum absolute atomic E-state index is 0.00426. The summed E-state index contributed by atoms with van der Waals surface area (Å²) in [6.45, 7) is 0. The van der Waals surface area contributed by atoms with Crippen LogP contribution in [0.1, 0.15) is 17.5 Å². The molecule has 0 radical (unpaired) electrons. The van der Waals surface area contributed by atoms with Gasteiger partial charge >= 0.3 is 5.97 Å². The third-order valence-electron chi connectivity index (χ3n) is 3.18. The van der Waals surface area contributed by atoms with Crippen molar-refractivity contribution in [3.8, 4) is 5.75 Å². The molecule has 16 heavy (non-hydrogen) atoms. The van der Waals surface area contributed by atoms with Gasteiger partial charge < -0.3 is 9.47 Å². The second-order valence-corrected chi connectivity index (χ2v) is 4.10. The summed E-state index contributed by atoms with van der Waals surface area (Å²) in [7, 11) is 3.10. The molecule has 1 atom stereocenters. The number of carbonyl (C=O) groups is 1. The van der Waals surface area contributed by atoms with Crippen LogP contribution in [-0.2, 0) is 22.4 Å². The number of fused-ring (bicyclic) bond motifs is 1. The highest BCUT2D eigenvalue weighted by molar-refractivity contribution is 5.73. The van der Waals surface area contributed by atoms with Gasteiger partial charge in [0.15, 0.2) is 0 Å². The first kappa shape index (κ1) is 11.0. The lowest BCUT2D eigenvalue weighted by Crippen LogP contribution is -2.23. The Morgan fingerprint density at radius 1 is 1.31 bits per heavy atom. The molecule has 0 fully saturated rings. The molecule has 0 saturated heterocycles. The van der Waals surface area contributed by atoms with Crippen LogP contribution in [0.5, 0.6) is 5.75 Å². The largest absolute Gasteiger partial charge is 0.497 e. The Hall–Kier alpha value is -1.51. The summed E-state index contributed by atoms with van der Waals surface area (Å²) in [5.41, 5.74) is 2.53. The highest BCUT2D eigenvalue weighted by atomic mass is 16.5. The first-order chi connectivity index (χ1) is 7.74. The fourth-order valence-electron chi connectivity index (χ4n) is 2.23. The third-order valence-corrected chi connectivity index (χ3v) is 3.18. The Labute approximate surface area is 95.4 Å². The van der Waals surface area contributed by atoms with Crippen molar-refractivity contribution in [1.82, 2.24) is 0 Å². The predicted molar refractivity (Wildman–Crippen MR) is 60.5 cm³/mol. The van der Waals surface area contributed by atoms with Crippen molar-refractivity contribution >= 4 is 5.97 Å². The fraction of sp³-hybridized carbons (Fsp3) is 0.462. The lowest BCUT2D eigenvalue weighted by molar-refractivity contribution is -0.145. The molecular formula is C13H16O3. The summed E-state index contributed by atoms with van der Waals surface area (Å²) in [6, 6.07) is 6.07. The molecule has 0 N–H and O–H groups in total. The van der Waals surface area contributed by atoms with E-state index in [1.54, 1.807) is 7.11 Å². The first-order valence-electron chi connectivity index (χ1n) is 5.48. The van der Waals surface area contributed by atoms with Crippen LogP contribution in [0.2, 0.25) is 0 Å². The van der Waals surface area contributed by atoms with Crippen molar-refractivity contribution in [3.05, 3.63) is 29.3 Å². The summed E-state index contributed by atoms with van der Waals surface area (Å²) in [5, 5.41) is 0. The van der Waals surface area contributed by atoms with Gasteiger partial charge in [0.2, 0.25) is 0 Å². The molecule has 1 unspecified atom stereocenters. The van der Waals surface area contributed by atoms with Crippen LogP contribution in [0.3, 0.4) is 0 Å². The van der Waals surface area contributed by atoms with E-state index >= 15 is 0 Å². The van der Waals surface area contributed by atoms with Crippen LogP contribution in [0.15, 0.2) is 18.2 Å². The highest BCUT2D eigenvalue weighted by Crippen LogP contribution is 2.29. The molecular weight excluding hydrogens is 204 g/mol. The van der Waals surface area contributed by atoms with Gasteiger partial charge in [0.05, 0.1) is 20.1 Å². The number of aryl methyl sites for hydroxylation is 1. The molecule has 86 valence electrons. The van der Waals surface area contributed by atoms with Crippen molar-refractivity contribution in [2.45, 2.75) is 19.3 Å². The first-order valence-corrected chi connectivity index (χ1v) is 5.48. The smallest absolute Gasteiger partial charge is 0.309 e. The molecule has 1 aliphatic rings. The van der Waals surface area contributed by atoms with Crippen LogP contribution in [-0.4, -0.2) is 20.2 Å². The van der Waals surface area contributed by atoms with Gasteiger partial charge in [0, 0.05) is 0 Å². The van der Waals surface area contributed by atoms with Crippen molar-refractivity contribution in [3.63, 3.8) is 0 Å². The molecule has 1 aliphatic carbocycles. The highest BCUT2D eigenvalue weighted by Gasteiger charge is 2.25. The molecule has 1 aromatic carbocycles. The summed E-state index contributed by atoms with van der Waals surface area (Å²) in [6.07, 6.45) is 2.59. The molecule has 3 heteroatoms. The number of hydrogen-bond acceptors (Lipinski definition) is 3. The molecule has 0 bridgehead atoms.